The van der Waals surface area contributed by atoms with Gasteiger partial charge in [-0.25, -0.2) is 4.79 Å². The Kier molecular flexibility index (Phi) is 7.48. The van der Waals surface area contributed by atoms with Gasteiger partial charge in [0.2, 0.25) is 0 Å². The summed E-state index contributed by atoms with van der Waals surface area (Å²) in [6.07, 6.45) is 1.27. The molecule has 2 aromatic rings. The number of carboxylic acids is 1. The molecule has 2 aliphatic rings. The van der Waals surface area contributed by atoms with Gasteiger partial charge in [0, 0.05) is 24.0 Å². The van der Waals surface area contributed by atoms with Crippen LogP contribution in [-0.4, -0.2) is 39.9 Å². The molecule has 2 atom stereocenters. The minimum absolute atomic E-state index is 0.239. The van der Waals surface area contributed by atoms with Gasteiger partial charge in [0.15, 0.2) is 34.7 Å². The Balaban J connectivity index is 0.000000202. The molecule has 0 spiro atoms. The Hall–Kier alpha value is -3.42. The fourth-order valence-corrected chi connectivity index (χ4v) is 4.13. The zero-order chi connectivity index (χ0) is 26.9. The van der Waals surface area contributed by atoms with Crippen LogP contribution in [0.15, 0.2) is 36.4 Å². The Morgan fingerprint density at radius 2 is 1.47 bits per heavy atom. The standard InChI is InChI=1S/C15H21NO3.C13H16O4/c1-5-15(4,13(16)17)18-11-8-6-7-10-9-14(2,3)19-12(10)11;1-8(12(14)15)16-10-6-4-5-9-7-13(2,3)17-11(9)10/h6-8H,5,9H2,1-4H3,(H2,16,17);4-6,8H,7H2,1-3H3,(H,14,15). The van der Waals surface area contributed by atoms with Crippen molar-refractivity contribution in [3.8, 4) is 23.0 Å². The Morgan fingerprint density at radius 1 is 1.00 bits per heavy atom. The minimum atomic E-state index is -1.01. The van der Waals surface area contributed by atoms with Crippen LogP contribution in [0.25, 0.3) is 0 Å². The van der Waals surface area contributed by atoms with E-state index in [1.54, 1.807) is 13.0 Å². The number of carboxylic acid groups (broad SMARTS) is 1. The molecule has 2 aliphatic heterocycles. The molecule has 2 aromatic carbocycles. The summed E-state index contributed by atoms with van der Waals surface area (Å²) in [5, 5.41) is 8.83. The fraction of sp³-hybridized carbons (Fsp3) is 0.500. The number of ether oxygens (including phenoxy) is 4. The van der Waals surface area contributed by atoms with Gasteiger partial charge in [-0.05, 0) is 60.1 Å². The van der Waals surface area contributed by atoms with Crippen LogP contribution < -0.4 is 24.7 Å². The molecule has 8 heteroatoms. The summed E-state index contributed by atoms with van der Waals surface area (Å²) >= 11 is 0. The van der Waals surface area contributed by atoms with Crippen LogP contribution in [0.3, 0.4) is 0 Å². The molecule has 0 aromatic heterocycles. The van der Waals surface area contributed by atoms with Gasteiger partial charge >= 0.3 is 5.97 Å². The third-order valence-electron chi connectivity index (χ3n) is 6.29. The lowest BCUT2D eigenvalue weighted by Gasteiger charge is -2.27. The molecule has 8 nitrogen and oxygen atoms in total. The second-order valence-electron chi connectivity index (χ2n) is 10.7. The Morgan fingerprint density at radius 3 is 1.92 bits per heavy atom. The van der Waals surface area contributed by atoms with Gasteiger partial charge in [-0.3, -0.25) is 4.79 Å². The maximum Gasteiger partial charge on any atom is 0.344 e. The zero-order valence-corrected chi connectivity index (χ0v) is 22.1. The Bertz CT molecular complexity index is 1140. The summed E-state index contributed by atoms with van der Waals surface area (Å²) in [5.74, 6) is 1.04. The van der Waals surface area contributed by atoms with E-state index in [4.69, 9.17) is 29.8 Å². The number of para-hydroxylation sites is 2. The van der Waals surface area contributed by atoms with Crippen molar-refractivity contribution in [2.75, 3.05) is 0 Å². The molecule has 0 fully saturated rings. The van der Waals surface area contributed by atoms with Gasteiger partial charge in [-0.1, -0.05) is 31.2 Å². The maximum atomic E-state index is 11.5. The van der Waals surface area contributed by atoms with E-state index in [9.17, 15) is 9.59 Å². The van der Waals surface area contributed by atoms with Crippen LogP contribution in [0.5, 0.6) is 23.0 Å². The molecule has 1 amide bonds. The molecule has 2 heterocycles. The van der Waals surface area contributed by atoms with Crippen molar-refractivity contribution >= 4 is 11.9 Å². The second kappa shape index (κ2) is 9.91. The zero-order valence-electron chi connectivity index (χ0n) is 22.1. The molecule has 0 aliphatic carbocycles. The number of hydrogen-bond acceptors (Lipinski definition) is 6. The third-order valence-corrected chi connectivity index (χ3v) is 6.29. The quantitative estimate of drug-likeness (QED) is 0.568. The largest absolute Gasteiger partial charge is 0.483 e. The van der Waals surface area contributed by atoms with Crippen molar-refractivity contribution in [2.45, 2.75) is 90.6 Å². The van der Waals surface area contributed by atoms with Crippen molar-refractivity contribution in [1.29, 1.82) is 0 Å². The van der Waals surface area contributed by atoms with Gasteiger partial charge in [0.1, 0.15) is 11.2 Å². The maximum absolute atomic E-state index is 11.5. The topological polar surface area (TPSA) is 117 Å². The predicted octanol–water partition coefficient (Wildman–Crippen LogP) is 4.68. The lowest BCUT2D eigenvalue weighted by Crippen LogP contribution is -2.45. The highest BCUT2D eigenvalue weighted by atomic mass is 16.6. The first-order valence-corrected chi connectivity index (χ1v) is 12.2. The average molecular weight is 500 g/mol. The fourth-order valence-electron chi connectivity index (χ4n) is 4.13. The van der Waals surface area contributed by atoms with E-state index in [1.807, 2.05) is 65.0 Å². The number of carbonyl (C=O) groups excluding carboxylic acids is 1. The first-order chi connectivity index (χ1) is 16.7. The number of amides is 1. The number of aliphatic carboxylic acids is 1. The summed E-state index contributed by atoms with van der Waals surface area (Å²) in [6.45, 7) is 13.1. The number of rotatable bonds is 7. The number of primary amides is 1. The third kappa shape index (κ3) is 6.04. The van der Waals surface area contributed by atoms with Crippen LogP contribution >= 0.6 is 0 Å². The summed E-state index contributed by atoms with van der Waals surface area (Å²) in [5.41, 5.74) is 6.08. The number of nitrogens with two attached hydrogens (primary N) is 1. The average Bonchev–Trinajstić information content (AvgIpc) is 3.28. The molecule has 0 bridgehead atoms. The normalized spacial score (nSPS) is 18.6. The number of fused-ring (bicyclic) bond motifs is 2. The highest BCUT2D eigenvalue weighted by molar-refractivity contribution is 5.83. The molecule has 36 heavy (non-hydrogen) atoms. The van der Waals surface area contributed by atoms with Crippen LogP contribution in [0.4, 0.5) is 0 Å². The minimum Gasteiger partial charge on any atom is -0.483 e. The molecule has 0 radical (unpaired) electrons. The van der Waals surface area contributed by atoms with Crippen molar-refractivity contribution in [3.05, 3.63) is 47.5 Å². The molecular weight excluding hydrogens is 462 g/mol. The molecule has 2 unspecified atom stereocenters. The van der Waals surface area contributed by atoms with Crippen molar-refractivity contribution in [3.63, 3.8) is 0 Å². The lowest BCUT2D eigenvalue weighted by atomic mass is 10.0. The Labute approximate surface area is 212 Å². The van der Waals surface area contributed by atoms with E-state index in [2.05, 4.69) is 0 Å². The van der Waals surface area contributed by atoms with Crippen LogP contribution in [0.1, 0.15) is 66.0 Å². The van der Waals surface area contributed by atoms with Crippen molar-refractivity contribution in [2.24, 2.45) is 5.73 Å². The van der Waals surface area contributed by atoms with E-state index in [0.29, 0.717) is 23.7 Å². The first-order valence-electron chi connectivity index (χ1n) is 12.2. The second-order valence-corrected chi connectivity index (χ2v) is 10.7. The highest BCUT2D eigenvalue weighted by Gasteiger charge is 2.37. The van der Waals surface area contributed by atoms with Gasteiger partial charge in [-0.15, -0.1) is 0 Å². The van der Waals surface area contributed by atoms with E-state index in [-0.39, 0.29) is 11.2 Å². The molecular formula is C28H37NO7. The summed E-state index contributed by atoms with van der Waals surface area (Å²) in [6, 6.07) is 11.3. The van der Waals surface area contributed by atoms with E-state index in [1.165, 1.54) is 6.92 Å². The number of benzene rings is 2. The van der Waals surface area contributed by atoms with E-state index >= 15 is 0 Å². The predicted molar refractivity (Wildman–Crippen MR) is 136 cm³/mol. The molecule has 4 rings (SSSR count). The molecule has 196 valence electrons. The van der Waals surface area contributed by atoms with Gasteiger partial charge in [-0.2, -0.15) is 0 Å². The molecule has 0 saturated carbocycles. The van der Waals surface area contributed by atoms with E-state index in [0.717, 1.165) is 29.7 Å². The van der Waals surface area contributed by atoms with Crippen LogP contribution in [0.2, 0.25) is 0 Å². The SMILES string of the molecule is CC(Oc1cccc2c1OC(C)(C)C2)C(=O)O.CCC(C)(Oc1cccc2c1OC(C)(C)C2)C(N)=O. The van der Waals surface area contributed by atoms with Crippen LogP contribution in [-0.2, 0) is 22.4 Å². The highest BCUT2D eigenvalue weighted by Crippen LogP contribution is 2.43. The lowest BCUT2D eigenvalue weighted by molar-refractivity contribution is -0.144. The summed E-state index contributed by atoms with van der Waals surface area (Å²) in [4.78, 5) is 22.3. The number of hydrogen-bond donors (Lipinski definition) is 2. The number of carbonyl (C=O) groups is 2. The monoisotopic (exact) mass is 499 g/mol. The van der Waals surface area contributed by atoms with Gasteiger partial charge < -0.3 is 29.8 Å². The van der Waals surface area contributed by atoms with Gasteiger partial charge in [0.05, 0.1) is 0 Å². The van der Waals surface area contributed by atoms with Crippen molar-refractivity contribution in [1.82, 2.24) is 0 Å². The first kappa shape index (κ1) is 27.2. The molecule has 0 saturated heterocycles. The van der Waals surface area contributed by atoms with Gasteiger partial charge in [0.25, 0.3) is 5.91 Å². The smallest absolute Gasteiger partial charge is 0.344 e. The summed E-state index contributed by atoms with van der Waals surface area (Å²) in [7, 11) is 0. The van der Waals surface area contributed by atoms with Crippen molar-refractivity contribution < 1.29 is 33.6 Å². The molecule has 3 N–H and O–H groups in total. The van der Waals surface area contributed by atoms with Crippen LogP contribution in [0, 0.1) is 0 Å². The summed E-state index contributed by atoms with van der Waals surface area (Å²) < 4.78 is 22.9. The van der Waals surface area contributed by atoms with E-state index < -0.39 is 23.6 Å².